The highest BCUT2D eigenvalue weighted by Gasteiger charge is 2.01. The van der Waals surface area contributed by atoms with Gasteiger partial charge < -0.3 is 5.73 Å². The summed E-state index contributed by atoms with van der Waals surface area (Å²) in [6.07, 6.45) is 1.15. The van der Waals surface area contributed by atoms with Gasteiger partial charge in [-0.25, -0.2) is 0 Å². The van der Waals surface area contributed by atoms with E-state index in [4.69, 9.17) is 5.73 Å². The van der Waals surface area contributed by atoms with E-state index in [1.54, 1.807) is 0 Å². The van der Waals surface area contributed by atoms with Crippen LogP contribution in [0.5, 0.6) is 0 Å². The highest BCUT2D eigenvalue weighted by molar-refractivity contribution is 5.28. The lowest BCUT2D eigenvalue weighted by atomic mass is 10.1. The first-order valence-corrected chi connectivity index (χ1v) is 4.39. The van der Waals surface area contributed by atoms with Gasteiger partial charge in [0.25, 0.3) is 0 Å². The summed E-state index contributed by atoms with van der Waals surface area (Å²) in [6.45, 7) is 7.43. The average molecular weight is 167 g/mol. The molecular weight excluding hydrogens is 150 g/mol. The predicted octanol–water partition coefficient (Wildman–Crippen LogP) is 1.82. The molecule has 0 saturated heterocycles. The van der Waals surface area contributed by atoms with Crippen molar-refractivity contribution in [2.45, 2.75) is 33.7 Å². The van der Waals surface area contributed by atoms with Crippen LogP contribution in [0.2, 0.25) is 0 Å². The van der Waals surface area contributed by atoms with Gasteiger partial charge in [0.15, 0.2) is 0 Å². The summed E-state index contributed by atoms with van der Waals surface area (Å²) >= 11 is 0. The minimum atomic E-state index is 0.622. The molecule has 12 heavy (non-hydrogen) atoms. The molecule has 0 fully saturated rings. The van der Waals surface area contributed by atoms with Crippen molar-refractivity contribution in [1.82, 2.24) is 9.78 Å². The summed E-state index contributed by atoms with van der Waals surface area (Å²) in [5, 5.41) is 4.18. The number of hydrogen-bond acceptors (Lipinski definition) is 2. The van der Waals surface area contributed by atoms with Gasteiger partial charge in [-0.1, -0.05) is 13.8 Å². The summed E-state index contributed by atoms with van der Waals surface area (Å²) in [7, 11) is 0. The van der Waals surface area contributed by atoms with Crippen molar-refractivity contribution in [2.75, 3.05) is 5.73 Å². The van der Waals surface area contributed by atoms with Crippen LogP contribution in [-0.4, -0.2) is 9.78 Å². The van der Waals surface area contributed by atoms with E-state index in [1.165, 1.54) is 0 Å². The smallest absolute Gasteiger partial charge is 0.145 e. The van der Waals surface area contributed by atoms with E-state index < -0.39 is 0 Å². The van der Waals surface area contributed by atoms with Crippen LogP contribution in [0.1, 0.15) is 26.0 Å². The first-order chi connectivity index (χ1) is 5.59. The standard InChI is InChI=1S/C9H17N3/c1-7(2)4-5-12-8(3)6-9(10)11-12/h6-7H,4-5H2,1-3H3,(H2,10,11). The summed E-state index contributed by atoms with van der Waals surface area (Å²) in [5.74, 6) is 1.34. The molecule has 0 saturated carbocycles. The van der Waals surface area contributed by atoms with E-state index >= 15 is 0 Å². The molecule has 68 valence electrons. The van der Waals surface area contributed by atoms with Gasteiger partial charge in [-0.15, -0.1) is 0 Å². The molecule has 0 aromatic carbocycles. The normalized spacial score (nSPS) is 11.0. The number of aromatic nitrogens is 2. The lowest BCUT2D eigenvalue weighted by Gasteiger charge is -2.05. The highest BCUT2D eigenvalue weighted by Crippen LogP contribution is 2.07. The van der Waals surface area contributed by atoms with E-state index in [9.17, 15) is 0 Å². The SMILES string of the molecule is Cc1cc(N)nn1CCC(C)C. The molecular formula is C9H17N3. The van der Waals surface area contributed by atoms with E-state index in [2.05, 4.69) is 18.9 Å². The Morgan fingerprint density at radius 1 is 1.58 bits per heavy atom. The molecule has 0 aliphatic heterocycles. The highest BCUT2D eigenvalue weighted by atomic mass is 15.3. The Bertz CT molecular complexity index is 250. The number of anilines is 1. The third-order valence-corrected chi connectivity index (χ3v) is 1.92. The molecule has 0 spiro atoms. The third-order valence-electron chi connectivity index (χ3n) is 1.92. The fourth-order valence-corrected chi connectivity index (χ4v) is 1.14. The molecule has 1 aromatic rings. The fraction of sp³-hybridized carbons (Fsp3) is 0.667. The van der Waals surface area contributed by atoms with Gasteiger partial charge in [-0.05, 0) is 19.3 Å². The fourth-order valence-electron chi connectivity index (χ4n) is 1.14. The zero-order chi connectivity index (χ0) is 9.14. The molecule has 3 nitrogen and oxygen atoms in total. The summed E-state index contributed by atoms with van der Waals surface area (Å²) < 4.78 is 1.97. The molecule has 1 heterocycles. The Morgan fingerprint density at radius 2 is 2.25 bits per heavy atom. The van der Waals surface area contributed by atoms with E-state index in [0.29, 0.717) is 5.82 Å². The Morgan fingerprint density at radius 3 is 2.67 bits per heavy atom. The summed E-state index contributed by atoms with van der Waals surface area (Å²) in [4.78, 5) is 0. The Kier molecular flexibility index (Phi) is 2.74. The van der Waals surface area contributed by atoms with E-state index in [0.717, 1.165) is 24.6 Å². The quantitative estimate of drug-likeness (QED) is 0.746. The van der Waals surface area contributed by atoms with Gasteiger partial charge in [0.1, 0.15) is 5.82 Å². The largest absolute Gasteiger partial charge is 0.382 e. The summed E-state index contributed by atoms with van der Waals surface area (Å²) in [5.41, 5.74) is 6.70. The number of aryl methyl sites for hydroxylation is 2. The zero-order valence-electron chi connectivity index (χ0n) is 8.04. The maximum absolute atomic E-state index is 5.55. The number of nitrogens with zero attached hydrogens (tertiary/aromatic N) is 2. The Balaban J connectivity index is 2.57. The monoisotopic (exact) mass is 167 g/mol. The molecule has 0 aliphatic rings. The van der Waals surface area contributed by atoms with Crippen molar-refractivity contribution in [3.8, 4) is 0 Å². The molecule has 3 heteroatoms. The molecule has 1 rings (SSSR count). The van der Waals surface area contributed by atoms with Crippen molar-refractivity contribution < 1.29 is 0 Å². The second kappa shape index (κ2) is 3.61. The van der Waals surface area contributed by atoms with Gasteiger partial charge in [-0.2, -0.15) is 5.10 Å². The van der Waals surface area contributed by atoms with Crippen LogP contribution < -0.4 is 5.73 Å². The van der Waals surface area contributed by atoms with Crippen LogP contribution in [0.4, 0.5) is 5.82 Å². The molecule has 0 radical (unpaired) electrons. The summed E-state index contributed by atoms with van der Waals surface area (Å²) in [6, 6.07) is 1.90. The molecule has 2 N–H and O–H groups in total. The number of nitrogen functional groups attached to an aromatic ring is 1. The Labute approximate surface area is 73.6 Å². The van der Waals surface area contributed by atoms with Crippen LogP contribution in [0.25, 0.3) is 0 Å². The van der Waals surface area contributed by atoms with Crippen molar-refractivity contribution in [3.05, 3.63) is 11.8 Å². The minimum absolute atomic E-state index is 0.622. The topological polar surface area (TPSA) is 43.8 Å². The average Bonchev–Trinajstić information content (AvgIpc) is 2.26. The predicted molar refractivity (Wildman–Crippen MR) is 50.8 cm³/mol. The van der Waals surface area contributed by atoms with Gasteiger partial charge in [-0.3, -0.25) is 4.68 Å². The molecule has 0 aliphatic carbocycles. The zero-order valence-corrected chi connectivity index (χ0v) is 8.04. The van der Waals surface area contributed by atoms with Crippen LogP contribution in [0, 0.1) is 12.8 Å². The lowest BCUT2D eigenvalue weighted by molar-refractivity contribution is 0.481. The molecule has 1 aromatic heterocycles. The first-order valence-electron chi connectivity index (χ1n) is 4.39. The van der Waals surface area contributed by atoms with Gasteiger partial charge >= 0.3 is 0 Å². The van der Waals surface area contributed by atoms with Crippen LogP contribution in [-0.2, 0) is 6.54 Å². The van der Waals surface area contributed by atoms with Crippen molar-refractivity contribution in [2.24, 2.45) is 5.92 Å². The number of nitrogens with two attached hydrogens (primary N) is 1. The lowest BCUT2D eigenvalue weighted by Crippen LogP contribution is -2.05. The molecule has 0 bridgehead atoms. The second-order valence-electron chi connectivity index (χ2n) is 3.62. The number of rotatable bonds is 3. The molecule has 0 atom stereocenters. The van der Waals surface area contributed by atoms with E-state index in [-0.39, 0.29) is 0 Å². The van der Waals surface area contributed by atoms with E-state index in [1.807, 2.05) is 17.7 Å². The minimum Gasteiger partial charge on any atom is -0.382 e. The van der Waals surface area contributed by atoms with Crippen molar-refractivity contribution in [3.63, 3.8) is 0 Å². The third kappa shape index (κ3) is 2.26. The van der Waals surface area contributed by atoms with Crippen molar-refractivity contribution >= 4 is 5.82 Å². The van der Waals surface area contributed by atoms with Gasteiger partial charge in [0.05, 0.1) is 0 Å². The maximum atomic E-state index is 5.55. The van der Waals surface area contributed by atoms with Crippen LogP contribution >= 0.6 is 0 Å². The molecule has 0 amide bonds. The Hall–Kier alpha value is -0.990. The molecule has 0 unspecified atom stereocenters. The van der Waals surface area contributed by atoms with Crippen LogP contribution in [0.3, 0.4) is 0 Å². The van der Waals surface area contributed by atoms with Gasteiger partial charge in [0, 0.05) is 18.3 Å². The maximum Gasteiger partial charge on any atom is 0.145 e. The van der Waals surface area contributed by atoms with Gasteiger partial charge in [0.2, 0.25) is 0 Å². The van der Waals surface area contributed by atoms with Crippen LogP contribution in [0.15, 0.2) is 6.07 Å². The second-order valence-corrected chi connectivity index (χ2v) is 3.62. The first kappa shape index (κ1) is 9.10. The van der Waals surface area contributed by atoms with Crippen molar-refractivity contribution in [1.29, 1.82) is 0 Å². The number of hydrogen-bond donors (Lipinski definition) is 1.